The van der Waals surface area contributed by atoms with Crippen molar-refractivity contribution >= 4 is 0 Å². The molecule has 1 heterocycles. The molecule has 2 atom stereocenters. The van der Waals surface area contributed by atoms with Crippen LogP contribution in [0.4, 0.5) is 0 Å². The topological polar surface area (TPSA) is 3.24 Å². The molecule has 0 N–H and O–H groups in total. The third-order valence-corrected chi connectivity index (χ3v) is 3.56. The molecule has 1 fully saturated rings. The Bertz CT molecular complexity index is 252. The van der Waals surface area contributed by atoms with Crippen molar-refractivity contribution in [3.63, 3.8) is 0 Å². The zero-order valence-electron chi connectivity index (χ0n) is 9.37. The Morgan fingerprint density at radius 3 is 2.79 bits per heavy atom. The van der Waals surface area contributed by atoms with Gasteiger partial charge in [0.05, 0.1) is 0 Å². The van der Waals surface area contributed by atoms with Crippen LogP contribution in [0.15, 0.2) is 24.4 Å². The Hall–Kier alpha value is -0.720. The molecule has 0 spiro atoms. The quantitative estimate of drug-likeness (QED) is 0.614. The fourth-order valence-electron chi connectivity index (χ4n) is 2.96. The Morgan fingerprint density at radius 2 is 2.07 bits per heavy atom. The van der Waals surface area contributed by atoms with Gasteiger partial charge in [-0.05, 0) is 38.7 Å². The number of allylic oxidation sites excluding steroid dienone is 1. The third kappa shape index (κ3) is 1.60. The zero-order valence-corrected chi connectivity index (χ0v) is 9.37. The van der Waals surface area contributed by atoms with Gasteiger partial charge in [-0.15, -0.1) is 0 Å². The van der Waals surface area contributed by atoms with Gasteiger partial charge in [0.2, 0.25) is 0 Å². The molecule has 2 rings (SSSR count). The second kappa shape index (κ2) is 3.80. The Morgan fingerprint density at radius 1 is 1.36 bits per heavy atom. The van der Waals surface area contributed by atoms with Crippen molar-refractivity contribution in [2.45, 2.75) is 51.6 Å². The lowest BCUT2D eigenvalue weighted by atomic mass is 9.80. The van der Waals surface area contributed by atoms with Crippen LogP contribution in [0.25, 0.3) is 0 Å². The average Bonchev–Trinajstić information content (AvgIpc) is 2.17. The summed E-state index contributed by atoms with van der Waals surface area (Å²) < 4.78 is 0. The van der Waals surface area contributed by atoms with E-state index in [1.165, 1.54) is 31.4 Å². The fraction of sp³-hybridized carbons (Fsp3) is 0.692. The molecule has 0 bridgehead atoms. The van der Waals surface area contributed by atoms with Crippen molar-refractivity contribution in [1.29, 1.82) is 0 Å². The van der Waals surface area contributed by atoms with Crippen LogP contribution in [0, 0.1) is 5.92 Å². The Kier molecular flexibility index (Phi) is 2.66. The number of rotatable bonds is 1. The minimum Gasteiger partial charge on any atom is -0.366 e. The number of hydrogen-bond donors (Lipinski definition) is 0. The van der Waals surface area contributed by atoms with Crippen LogP contribution in [-0.2, 0) is 0 Å². The van der Waals surface area contributed by atoms with Crippen LogP contribution in [0.5, 0.6) is 0 Å². The molecule has 1 aliphatic carbocycles. The predicted molar refractivity (Wildman–Crippen MR) is 61.0 cm³/mol. The number of hydrogen-bond acceptors (Lipinski definition) is 1. The highest BCUT2D eigenvalue weighted by molar-refractivity contribution is 5.22. The van der Waals surface area contributed by atoms with Gasteiger partial charge in [-0.3, -0.25) is 0 Å². The van der Waals surface area contributed by atoms with Crippen LogP contribution in [0.2, 0.25) is 0 Å². The smallest absolute Gasteiger partial charge is 0.0355 e. The standard InChI is InChI=1S/C13H21N/c1-10(2)14-11(3)8-9-12-6-4-5-7-13(12)14/h8-10,12-13H,3-7H2,1-2H3. The normalized spacial score (nSPS) is 32.2. The largest absolute Gasteiger partial charge is 0.366 e. The highest BCUT2D eigenvalue weighted by Gasteiger charge is 2.32. The number of nitrogens with zero attached hydrogens (tertiary/aromatic N) is 1. The van der Waals surface area contributed by atoms with Gasteiger partial charge in [0.15, 0.2) is 0 Å². The highest BCUT2D eigenvalue weighted by Crippen LogP contribution is 2.35. The summed E-state index contributed by atoms with van der Waals surface area (Å²) in [6.07, 6.45) is 10.1. The summed E-state index contributed by atoms with van der Waals surface area (Å²) >= 11 is 0. The Balaban J connectivity index is 2.22. The molecule has 14 heavy (non-hydrogen) atoms. The molecule has 2 aliphatic rings. The van der Waals surface area contributed by atoms with E-state index in [0.29, 0.717) is 6.04 Å². The summed E-state index contributed by atoms with van der Waals surface area (Å²) in [6.45, 7) is 8.69. The van der Waals surface area contributed by atoms with E-state index in [0.717, 1.165) is 12.0 Å². The van der Waals surface area contributed by atoms with Gasteiger partial charge in [-0.2, -0.15) is 0 Å². The lowest BCUT2D eigenvalue weighted by molar-refractivity contribution is 0.128. The van der Waals surface area contributed by atoms with Crippen LogP contribution in [0.1, 0.15) is 39.5 Å². The first-order valence-electron chi connectivity index (χ1n) is 5.85. The molecule has 0 aromatic carbocycles. The molecule has 1 aliphatic heterocycles. The van der Waals surface area contributed by atoms with E-state index >= 15 is 0 Å². The molecule has 1 nitrogen and oxygen atoms in total. The Labute approximate surface area is 87.5 Å². The molecule has 78 valence electrons. The molecule has 0 aromatic heterocycles. The van der Waals surface area contributed by atoms with Gasteiger partial charge < -0.3 is 4.90 Å². The van der Waals surface area contributed by atoms with Crippen molar-refractivity contribution in [3.8, 4) is 0 Å². The lowest BCUT2D eigenvalue weighted by Gasteiger charge is -2.45. The van der Waals surface area contributed by atoms with Gasteiger partial charge in [0, 0.05) is 17.8 Å². The van der Waals surface area contributed by atoms with Crippen LogP contribution >= 0.6 is 0 Å². The summed E-state index contributed by atoms with van der Waals surface area (Å²) in [5.41, 5.74) is 1.21. The first-order valence-corrected chi connectivity index (χ1v) is 5.85. The average molecular weight is 191 g/mol. The first-order chi connectivity index (χ1) is 6.70. The van der Waals surface area contributed by atoms with Crippen LogP contribution < -0.4 is 0 Å². The van der Waals surface area contributed by atoms with Crippen LogP contribution in [-0.4, -0.2) is 17.0 Å². The van der Waals surface area contributed by atoms with Gasteiger partial charge >= 0.3 is 0 Å². The van der Waals surface area contributed by atoms with E-state index in [2.05, 4.69) is 37.5 Å². The lowest BCUT2D eigenvalue weighted by Crippen LogP contribution is -2.46. The van der Waals surface area contributed by atoms with Crippen molar-refractivity contribution < 1.29 is 0 Å². The van der Waals surface area contributed by atoms with Crippen molar-refractivity contribution in [3.05, 3.63) is 24.4 Å². The summed E-state index contributed by atoms with van der Waals surface area (Å²) in [7, 11) is 0. The maximum Gasteiger partial charge on any atom is 0.0355 e. The zero-order chi connectivity index (χ0) is 10.1. The molecular formula is C13H21N. The minimum atomic E-state index is 0.595. The molecule has 0 aromatic rings. The van der Waals surface area contributed by atoms with E-state index in [1.807, 2.05) is 0 Å². The summed E-state index contributed by atoms with van der Waals surface area (Å²) in [5, 5.41) is 0. The summed E-state index contributed by atoms with van der Waals surface area (Å²) in [5.74, 6) is 0.789. The van der Waals surface area contributed by atoms with Gasteiger partial charge in [0.1, 0.15) is 0 Å². The van der Waals surface area contributed by atoms with E-state index in [9.17, 15) is 0 Å². The first kappa shape index (κ1) is 9.82. The van der Waals surface area contributed by atoms with Crippen LogP contribution in [0.3, 0.4) is 0 Å². The molecule has 0 saturated heterocycles. The molecule has 0 radical (unpaired) electrons. The van der Waals surface area contributed by atoms with Gasteiger partial charge in [-0.1, -0.05) is 25.5 Å². The maximum absolute atomic E-state index is 4.15. The summed E-state index contributed by atoms with van der Waals surface area (Å²) in [6, 6.07) is 1.33. The van der Waals surface area contributed by atoms with Crippen molar-refractivity contribution in [2.24, 2.45) is 5.92 Å². The fourth-order valence-corrected chi connectivity index (χ4v) is 2.96. The maximum atomic E-state index is 4.15. The molecule has 2 unspecified atom stereocenters. The van der Waals surface area contributed by atoms with Gasteiger partial charge in [-0.25, -0.2) is 0 Å². The van der Waals surface area contributed by atoms with Crippen molar-refractivity contribution in [2.75, 3.05) is 0 Å². The van der Waals surface area contributed by atoms with Crippen molar-refractivity contribution in [1.82, 2.24) is 4.90 Å². The molecule has 1 saturated carbocycles. The highest BCUT2D eigenvalue weighted by atomic mass is 15.2. The van der Waals surface area contributed by atoms with E-state index in [1.54, 1.807) is 0 Å². The van der Waals surface area contributed by atoms with E-state index in [4.69, 9.17) is 0 Å². The van der Waals surface area contributed by atoms with E-state index in [-0.39, 0.29) is 0 Å². The second-order valence-electron chi connectivity index (χ2n) is 4.87. The molecular weight excluding hydrogens is 170 g/mol. The summed E-state index contributed by atoms with van der Waals surface area (Å²) in [4.78, 5) is 2.52. The van der Waals surface area contributed by atoms with Gasteiger partial charge in [0.25, 0.3) is 0 Å². The molecule has 1 heteroatoms. The third-order valence-electron chi connectivity index (χ3n) is 3.56. The predicted octanol–water partition coefficient (Wildman–Crippen LogP) is 3.34. The minimum absolute atomic E-state index is 0.595. The number of fused-ring (bicyclic) bond motifs is 1. The second-order valence-corrected chi connectivity index (χ2v) is 4.87. The molecule has 0 amide bonds. The monoisotopic (exact) mass is 191 g/mol. The van der Waals surface area contributed by atoms with E-state index < -0.39 is 0 Å². The SMILES string of the molecule is C=C1C=CC2CCCCC2N1C(C)C.